The topological polar surface area (TPSA) is 70.6 Å². The minimum absolute atomic E-state index is 0.209. The first-order chi connectivity index (χ1) is 13.8. The van der Waals surface area contributed by atoms with Gasteiger partial charge in [0.1, 0.15) is 5.76 Å². The van der Waals surface area contributed by atoms with E-state index in [2.05, 4.69) is 39.8 Å². The van der Waals surface area contributed by atoms with E-state index in [0.29, 0.717) is 6.54 Å². The monoisotopic (exact) mass is 386 g/mol. The summed E-state index contributed by atoms with van der Waals surface area (Å²) in [6.45, 7) is 6.78. The van der Waals surface area contributed by atoms with Crippen LogP contribution in [0.5, 0.6) is 0 Å². The van der Waals surface area contributed by atoms with Crippen molar-refractivity contribution < 1.29 is 4.42 Å². The van der Waals surface area contributed by atoms with E-state index in [1.807, 2.05) is 24.0 Å². The van der Waals surface area contributed by atoms with E-state index in [0.717, 1.165) is 50.7 Å². The highest BCUT2D eigenvalue weighted by atomic mass is 16.3. The average Bonchev–Trinajstić information content (AvgIpc) is 3.38. The molecule has 0 bridgehead atoms. The molecule has 1 saturated heterocycles. The van der Waals surface area contributed by atoms with Gasteiger partial charge in [-0.1, -0.05) is 6.42 Å². The molecule has 0 aliphatic carbocycles. The minimum Gasteiger partial charge on any atom is -0.468 e. The fraction of sp³-hybridized carbons (Fsp3) is 0.619. The van der Waals surface area contributed by atoms with Gasteiger partial charge in [0.25, 0.3) is 0 Å². The van der Waals surface area contributed by atoms with Crippen LogP contribution in [0.4, 0.5) is 0 Å². The van der Waals surface area contributed by atoms with Crippen LogP contribution >= 0.6 is 0 Å². The van der Waals surface area contributed by atoms with E-state index in [1.54, 1.807) is 6.26 Å². The van der Waals surface area contributed by atoms with Gasteiger partial charge in [-0.25, -0.2) is 0 Å². The smallest absolute Gasteiger partial charge is 0.191 e. The van der Waals surface area contributed by atoms with Crippen LogP contribution in [0.1, 0.15) is 50.0 Å². The maximum absolute atomic E-state index is 5.73. The van der Waals surface area contributed by atoms with E-state index < -0.39 is 0 Å². The van der Waals surface area contributed by atoms with Crippen molar-refractivity contribution in [1.82, 2.24) is 25.3 Å². The summed E-state index contributed by atoms with van der Waals surface area (Å²) in [6.07, 6.45) is 11.7. The van der Waals surface area contributed by atoms with Gasteiger partial charge in [0.05, 0.1) is 25.0 Å². The molecule has 0 radical (unpaired) electrons. The predicted molar refractivity (Wildman–Crippen MR) is 112 cm³/mol. The number of hydrogen-bond donors (Lipinski definition) is 2. The van der Waals surface area contributed by atoms with Crippen LogP contribution in [0, 0.1) is 0 Å². The van der Waals surface area contributed by atoms with Gasteiger partial charge in [-0.15, -0.1) is 0 Å². The van der Waals surface area contributed by atoms with Crippen LogP contribution in [0.2, 0.25) is 0 Å². The molecule has 154 valence electrons. The Morgan fingerprint density at radius 3 is 2.82 bits per heavy atom. The Hall–Kier alpha value is -2.28. The molecule has 0 saturated carbocycles. The molecule has 7 heteroatoms. The first-order valence-electron chi connectivity index (χ1n) is 10.5. The Labute approximate surface area is 168 Å². The highest BCUT2D eigenvalue weighted by molar-refractivity contribution is 5.79. The fourth-order valence-electron chi connectivity index (χ4n) is 3.72. The standard InChI is InChI=1S/C21H34N6O/c1-3-22-21(23-11-7-9-18-15-25-26(2)17-18)24-16-19(20-10-8-14-28-20)27-12-5-4-6-13-27/h8,10,14-15,17,19H,3-7,9,11-13,16H2,1-2H3,(H2,22,23,24). The number of aliphatic imine (C=N–C) groups is 1. The zero-order chi connectivity index (χ0) is 19.6. The maximum Gasteiger partial charge on any atom is 0.191 e. The summed E-state index contributed by atoms with van der Waals surface area (Å²) in [4.78, 5) is 7.38. The van der Waals surface area contributed by atoms with Gasteiger partial charge in [0.15, 0.2) is 5.96 Å². The van der Waals surface area contributed by atoms with Gasteiger partial charge in [0, 0.05) is 26.3 Å². The summed E-state index contributed by atoms with van der Waals surface area (Å²) in [5, 5.41) is 11.1. The number of aromatic nitrogens is 2. The molecule has 1 unspecified atom stereocenters. The van der Waals surface area contributed by atoms with Crippen molar-refractivity contribution >= 4 is 5.96 Å². The Morgan fingerprint density at radius 1 is 1.29 bits per heavy atom. The summed E-state index contributed by atoms with van der Waals surface area (Å²) in [5.74, 6) is 1.89. The van der Waals surface area contributed by atoms with E-state index in [9.17, 15) is 0 Å². The molecule has 1 atom stereocenters. The second-order valence-electron chi connectivity index (χ2n) is 7.40. The molecule has 7 nitrogen and oxygen atoms in total. The fourth-order valence-corrected chi connectivity index (χ4v) is 3.72. The average molecular weight is 387 g/mol. The molecule has 2 N–H and O–H groups in total. The Balaban J connectivity index is 1.54. The van der Waals surface area contributed by atoms with Crippen molar-refractivity contribution in [3.05, 3.63) is 42.1 Å². The number of guanidine groups is 1. The molecule has 0 spiro atoms. The highest BCUT2D eigenvalue weighted by Gasteiger charge is 2.24. The van der Waals surface area contributed by atoms with Gasteiger partial charge < -0.3 is 15.1 Å². The Kier molecular flexibility index (Phi) is 7.96. The van der Waals surface area contributed by atoms with Crippen molar-refractivity contribution in [2.75, 3.05) is 32.7 Å². The first kappa shape index (κ1) is 20.5. The minimum atomic E-state index is 0.209. The number of nitrogens with one attached hydrogen (secondary N) is 2. The lowest BCUT2D eigenvalue weighted by atomic mass is 10.1. The third-order valence-electron chi connectivity index (χ3n) is 5.16. The van der Waals surface area contributed by atoms with Crippen molar-refractivity contribution in [1.29, 1.82) is 0 Å². The maximum atomic E-state index is 5.73. The van der Waals surface area contributed by atoms with Gasteiger partial charge in [-0.2, -0.15) is 5.10 Å². The van der Waals surface area contributed by atoms with Crippen molar-refractivity contribution in [3.63, 3.8) is 0 Å². The lowest BCUT2D eigenvalue weighted by Crippen LogP contribution is -2.40. The van der Waals surface area contributed by atoms with Crippen LogP contribution < -0.4 is 10.6 Å². The number of hydrogen-bond acceptors (Lipinski definition) is 4. The summed E-state index contributed by atoms with van der Waals surface area (Å²) >= 11 is 0. The van der Waals surface area contributed by atoms with E-state index in [1.165, 1.54) is 24.8 Å². The predicted octanol–water partition coefficient (Wildman–Crippen LogP) is 2.73. The number of likely N-dealkylation sites (tertiary alicyclic amines) is 1. The quantitative estimate of drug-likeness (QED) is 0.394. The Morgan fingerprint density at radius 2 is 2.14 bits per heavy atom. The lowest BCUT2D eigenvalue weighted by molar-refractivity contribution is 0.150. The summed E-state index contributed by atoms with van der Waals surface area (Å²) in [7, 11) is 1.95. The summed E-state index contributed by atoms with van der Waals surface area (Å²) < 4.78 is 7.58. The molecule has 0 amide bonds. The van der Waals surface area contributed by atoms with Gasteiger partial charge >= 0.3 is 0 Å². The van der Waals surface area contributed by atoms with Gasteiger partial charge in [-0.05, 0) is 63.4 Å². The molecular formula is C21H34N6O. The number of rotatable bonds is 9. The zero-order valence-corrected chi connectivity index (χ0v) is 17.2. The third kappa shape index (κ3) is 6.12. The largest absolute Gasteiger partial charge is 0.468 e. The second-order valence-corrected chi connectivity index (χ2v) is 7.40. The van der Waals surface area contributed by atoms with Crippen molar-refractivity contribution in [3.8, 4) is 0 Å². The SMILES string of the molecule is CCNC(=NCC(c1ccco1)N1CCCCC1)NCCCc1cnn(C)c1. The molecule has 1 fully saturated rings. The molecule has 2 aromatic heterocycles. The first-order valence-corrected chi connectivity index (χ1v) is 10.5. The zero-order valence-electron chi connectivity index (χ0n) is 17.2. The molecule has 1 aliphatic rings. The summed E-state index contributed by atoms with van der Waals surface area (Å²) in [6, 6.07) is 4.25. The molecule has 28 heavy (non-hydrogen) atoms. The number of furan rings is 1. The third-order valence-corrected chi connectivity index (χ3v) is 5.16. The molecular weight excluding hydrogens is 352 g/mol. The lowest BCUT2D eigenvalue weighted by Gasteiger charge is -2.32. The van der Waals surface area contributed by atoms with E-state index in [4.69, 9.17) is 9.41 Å². The molecule has 1 aliphatic heterocycles. The van der Waals surface area contributed by atoms with E-state index >= 15 is 0 Å². The van der Waals surface area contributed by atoms with Gasteiger partial charge in [0.2, 0.25) is 0 Å². The van der Waals surface area contributed by atoms with Crippen LogP contribution in [0.15, 0.2) is 40.2 Å². The molecule has 3 rings (SSSR count). The Bertz CT molecular complexity index is 702. The number of aryl methyl sites for hydroxylation is 2. The van der Waals surface area contributed by atoms with Crippen LogP contribution in [0.25, 0.3) is 0 Å². The molecule has 0 aromatic carbocycles. The molecule has 3 heterocycles. The van der Waals surface area contributed by atoms with Crippen molar-refractivity contribution in [2.45, 2.75) is 45.1 Å². The van der Waals surface area contributed by atoms with Gasteiger partial charge in [-0.3, -0.25) is 14.6 Å². The number of nitrogens with zero attached hydrogens (tertiary/aromatic N) is 4. The van der Waals surface area contributed by atoms with Crippen LogP contribution in [-0.4, -0.2) is 53.4 Å². The van der Waals surface area contributed by atoms with Crippen LogP contribution in [0.3, 0.4) is 0 Å². The second kappa shape index (κ2) is 10.9. The van der Waals surface area contributed by atoms with E-state index in [-0.39, 0.29) is 6.04 Å². The van der Waals surface area contributed by atoms with Crippen LogP contribution in [-0.2, 0) is 13.5 Å². The summed E-state index contributed by atoms with van der Waals surface area (Å²) in [5.41, 5.74) is 1.27. The normalized spacial score (nSPS) is 16.9. The highest BCUT2D eigenvalue weighted by Crippen LogP contribution is 2.25. The molecule has 2 aromatic rings. The van der Waals surface area contributed by atoms with Crippen molar-refractivity contribution in [2.24, 2.45) is 12.0 Å². The number of piperidine rings is 1.